The van der Waals surface area contributed by atoms with Crippen LogP contribution < -0.4 is 5.32 Å². The topological polar surface area (TPSA) is 83.4 Å². The number of aryl methyl sites for hydroxylation is 1. The van der Waals surface area contributed by atoms with Crippen molar-refractivity contribution in [1.29, 1.82) is 0 Å². The average molecular weight is 436 g/mol. The number of hydrogen-bond donors (Lipinski definition) is 1. The Labute approximate surface area is 185 Å². The summed E-state index contributed by atoms with van der Waals surface area (Å²) in [5, 5.41) is 11.0. The average Bonchev–Trinajstić information content (AvgIpc) is 3.17. The van der Waals surface area contributed by atoms with Gasteiger partial charge in [0.1, 0.15) is 5.82 Å². The third-order valence-electron chi connectivity index (χ3n) is 5.53. The van der Waals surface area contributed by atoms with Gasteiger partial charge in [0.2, 0.25) is 5.91 Å². The highest BCUT2D eigenvalue weighted by atomic mass is 19.1. The van der Waals surface area contributed by atoms with E-state index in [1.54, 1.807) is 9.58 Å². The van der Waals surface area contributed by atoms with Crippen LogP contribution in [0.15, 0.2) is 48.5 Å². The minimum absolute atomic E-state index is 0.156. The smallest absolute Gasteiger partial charge is 0.276 e. The monoisotopic (exact) mass is 436 g/mol. The van der Waals surface area contributed by atoms with E-state index in [4.69, 9.17) is 0 Å². The van der Waals surface area contributed by atoms with E-state index in [2.05, 4.69) is 15.6 Å². The zero-order valence-corrected chi connectivity index (χ0v) is 18.1. The van der Waals surface area contributed by atoms with Crippen LogP contribution in [0.2, 0.25) is 0 Å². The Kier molecular flexibility index (Phi) is 6.27. The second-order valence-electron chi connectivity index (χ2n) is 7.89. The summed E-state index contributed by atoms with van der Waals surface area (Å²) < 4.78 is 14.7. The van der Waals surface area contributed by atoms with E-state index >= 15 is 0 Å². The third-order valence-corrected chi connectivity index (χ3v) is 5.53. The van der Waals surface area contributed by atoms with E-state index in [0.717, 1.165) is 11.3 Å². The summed E-state index contributed by atoms with van der Waals surface area (Å²) in [6, 6.07) is 13.5. The van der Waals surface area contributed by atoms with Crippen molar-refractivity contribution in [2.45, 2.75) is 13.8 Å². The molecule has 1 N–H and O–H groups in total. The Balaban J connectivity index is 1.32. The molecule has 0 atom stereocenters. The molecule has 4 rings (SSSR count). The number of carbonyl (C=O) groups is 2. The van der Waals surface area contributed by atoms with Gasteiger partial charge in [0.15, 0.2) is 5.69 Å². The molecular weight excluding hydrogens is 411 g/mol. The molecule has 2 heterocycles. The highest BCUT2D eigenvalue weighted by Crippen LogP contribution is 2.16. The van der Waals surface area contributed by atoms with Crippen molar-refractivity contribution >= 4 is 17.5 Å². The summed E-state index contributed by atoms with van der Waals surface area (Å²) in [5.74, 6) is -0.678. The van der Waals surface area contributed by atoms with Crippen molar-refractivity contribution in [2.75, 3.05) is 38.0 Å². The minimum atomic E-state index is -0.349. The van der Waals surface area contributed by atoms with Crippen molar-refractivity contribution < 1.29 is 14.0 Å². The number of rotatable bonds is 5. The molecule has 0 spiro atoms. The summed E-state index contributed by atoms with van der Waals surface area (Å²) in [6.07, 6.45) is 0. The molecule has 0 aliphatic carbocycles. The summed E-state index contributed by atoms with van der Waals surface area (Å²) in [4.78, 5) is 29.0. The maximum atomic E-state index is 13.0. The molecule has 9 heteroatoms. The van der Waals surface area contributed by atoms with Crippen molar-refractivity contribution in [3.63, 3.8) is 0 Å². The van der Waals surface area contributed by atoms with Gasteiger partial charge < -0.3 is 10.2 Å². The molecule has 2 amide bonds. The molecule has 1 saturated heterocycles. The zero-order chi connectivity index (χ0) is 22.7. The lowest BCUT2D eigenvalue weighted by Gasteiger charge is -2.34. The van der Waals surface area contributed by atoms with Gasteiger partial charge in [-0.05, 0) is 50.2 Å². The fraction of sp³-hybridized carbons (Fsp3) is 0.304. The lowest BCUT2D eigenvalue weighted by Crippen LogP contribution is -2.50. The summed E-state index contributed by atoms with van der Waals surface area (Å²) in [5.41, 5.74) is 3.59. The fourth-order valence-electron chi connectivity index (χ4n) is 3.65. The number of benzene rings is 2. The lowest BCUT2D eigenvalue weighted by molar-refractivity contribution is -0.117. The number of aromatic nitrogens is 3. The van der Waals surface area contributed by atoms with Gasteiger partial charge in [0.05, 0.1) is 17.9 Å². The second-order valence-corrected chi connectivity index (χ2v) is 7.89. The first-order valence-corrected chi connectivity index (χ1v) is 10.5. The highest BCUT2D eigenvalue weighted by Gasteiger charge is 2.27. The van der Waals surface area contributed by atoms with Crippen LogP contribution in [0.1, 0.15) is 21.7 Å². The first kappa shape index (κ1) is 21.6. The van der Waals surface area contributed by atoms with E-state index in [-0.39, 0.29) is 24.2 Å². The molecule has 0 saturated carbocycles. The van der Waals surface area contributed by atoms with Gasteiger partial charge in [0, 0.05) is 31.9 Å². The molecule has 1 fully saturated rings. The lowest BCUT2D eigenvalue weighted by atomic mass is 10.2. The molecule has 166 valence electrons. The van der Waals surface area contributed by atoms with Gasteiger partial charge in [-0.2, -0.15) is 0 Å². The molecular formula is C23H25FN6O2. The molecule has 8 nitrogen and oxygen atoms in total. The number of hydrogen-bond acceptors (Lipinski definition) is 5. The third kappa shape index (κ3) is 4.83. The number of amides is 2. The normalized spacial score (nSPS) is 14.4. The predicted molar refractivity (Wildman–Crippen MR) is 118 cm³/mol. The van der Waals surface area contributed by atoms with E-state index in [1.807, 2.05) is 43.0 Å². The Morgan fingerprint density at radius 1 is 0.969 bits per heavy atom. The Bertz CT molecular complexity index is 1100. The van der Waals surface area contributed by atoms with Crippen LogP contribution >= 0.6 is 0 Å². The van der Waals surface area contributed by atoms with E-state index in [1.165, 1.54) is 24.3 Å². The predicted octanol–water partition coefficient (Wildman–Crippen LogP) is 2.42. The van der Waals surface area contributed by atoms with Crippen LogP contribution in [-0.2, 0) is 4.79 Å². The molecule has 1 aromatic heterocycles. The van der Waals surface area contributed by atoms with Gasteiger partial charge in [-0.25, -0.2) is 9.07 Å². The maximum absolute atomic E-state index is 13.0. The second kappa shape index (κ2) is 9.27. The maximum Gasteiger partial charge on any atom is 0.276 e. The first-order valence-electron chi connectivity index (χ1n) is 10.5. The Morgan fingerprint density at radius 3 is 2.28 bits per heavy atom. The first-order chi connectivity index (χ1) is 15.4. The SMILES string of the molecule is Cc1ccc(-n2nnc(C(=O)N3CCN(CC(=O)Nc4ccc(F)cc4)CC3)c2C)cc1. The van der Waals surface area contributed by atoms with E-state index in [0.29, 0.717) is 43.3 Å². The Hall–Kier alpha value is -3.59. The van der Waals surface area contributed by atoms with Crippen LogP contribution in [0.4, 0.5) is 10.1 Å². The standard InChI is InChI=1S/C23H25FN6O2/c1-16-3-9-20(10-4-16)30-17(2)22(26-27-30)23(32)29-13-11-28(12-14-29)15-21(31)25-19-7-5-18(24)6-8-19/h3-10H,11-15H2,1-2H3,(H,25,31). The molecule has 0 bridgehead atoms. The number of carbonyl (C=O) groups excluding carboxylic acids is 2. The number of halogens is 1. The van der Waals surface area contributed by atoms with Gasteiger partial charge in [-0.3, -0.25) is 14.5 Å². The largest absolute Gasteiger partial charge is 0.335 e. The highest BCUT2D eigenvalue weighted by molar-refractivity contribution is 5.94. The summed E-state index contributed by atoms with van der Waals surface area (Å²) in [6.45, 7) is 6.21. The van der Waals surface area contributed by atoms with Crippen molar-refractivity contribution in [2.24, 2.45) is 0 Å². The van der Waals surface area contributed by atoms with Crippen molar-refractivity contribution in [3.8, 4) is 5.69 Å². The van der Waals surface area contributed by atoms with Crippen LogP contribution in [0.3, 0.4) is 0 Å². The molecule has 1 aliphatic heterocycles. The van der Waals surface area contributed by atoms with Crippen LogP contribution in [0.5, 0.6) is 0 Å². The van der Waals surface area contributed by atoms with Crippen molar-refractivity contribution in [1.82, 2.24) is 24.8 Å². The van der Waals surface area contributed by atoms with Gasteiger partial charge in [-0.1, -0.05) is 22.9 Å². The number of anilines is 1. The van der Waals surface area contributed by atoms with Gasteiger partial charge >= 0.3 is 0 Å². The molecule has 2 aromatic carbocycles. The molecule has 0 radical (unpaired) electrons. The molecule has 3 aromatic rings. The van der Waals surface area contributed by atoms with E-state index in [9.17, 15) is 14.0 Å². The van der Waals surface area contributed by atoms with Gasteiger partial charge in [0.25, 0.3) is 5.91 Å². The van der Waals surface area contributed by atoms with E-state index < -0.39 is 0 Å². The summed E-state index contributed by atoms with van der Waals surface area (Å²) in [7, 11) is 0. The van der Waals surface area contributed by atoms with Crippen molar-refractivity contribution in [3.05, 3.63) is 71.3 Å². The quantitative estimate of drug-likeness (QED) is 0.664. The number of nitrogens with zero attached hydrogens (tertiary/aromatic N) is 5. The molecule has 1 aliphatic rings. The zero-order valence-electron chi connectivity index (χ0n) is 18.1. The van der Waals surface area contributed by atoms with Gasteiger partial charge in [-0.15, -0.1) is 5.10 Å². The van der Waals surface area contributed by atoms with Crippen LogP contribution in [0, 0.1) is 19.7 Å². The minimum Gasteiger partial charge on any atom is -0.335 e. The molecule has 32 heavy (non-hydrogen) atoms. The Morgan fingerprint density at radius 2 is 1.62 bits per heavy atom. The summed E-state index contributed by atoms with van der Waals surface area (Å²) >= 11 is 0. The van der Waals surface area contributed by atoms with Crippen LogP contribution in [-0.4, -0.2) is 69.3 Å². The van der Waals surface area contributed by atoms with Crippen LogP contribution in [0.25, 0.3) is 5.69 Å². The number of nitrogens with one attached hydrogen (secondary N) is 1. The number of piperazine rings is 1. The molecule has 0 unspecified atom stereocenters. The fourth-order valence-corrected chi connectivity index (χ4v) is 3.65.